The van der Waals surface area contributed by atoms with Crippen LogP contribution in [-0.2, 0) is 95.4 Å². The topological polar surface area (TPSA) is 272 Å². The van der Waals surface area contributed by atoms with E-state index in [4.69, 9.17) is 137 Å². The van der Waals surface area contributed by atoms with E-state index in [0.717, 1.165) is 55.1 Å². The predicted octanol–water partition coefficient (Wildman–Crippen LogP) is 25.7. The van der Waals surface area contributed by atoms with E-state index in [2.05, 4.69) is 86.6 Å². The zero-order valence-corrected chi connectivity index (χ0v) is 99.0. The molecule has 1 saturated carbocycles. The molecule has 0 radical (unpaired) electrons. The number of hydrogen-bond acceptors (Lipinski definition) is 29. The third kappa shape index (κ3) is 89.8. The van der Waals surface area contributed by atoms with E-state index in [-0.39, 0.29) is 85.0 Å². The van der Waals surface area contributed by atoms with Gasteiger partial charge in [-0.15, -0.1) is 0 Å². The molecule has 1 aliphatic rings. The molecule has 2 atom stereocenters. The fourth-order valence-corrected chi connectivity index (χ4v) is 12.7. The Bertz CT molecular complexity index is 3430. The summed E-state index contributed by atoms with van der Waals surface area (Å²) in [5.74, 6) is 6.56. The van der Waals surface area contributed by atoms with Crippen molar-refractivity contribution in [3.63, 3.8) is 0 Å². The third-order valence-electron chi connectivity index (χ3n) is 19.4. The molecule has 0 aliphatic heterocycles. The highest BCUT2D eigenvalue weighted by atomic mass is 16.7. The van der Waals surface area contributed by atoms with E-state index in [1.165, 1.54) is 23.7 Å². The summed E-state index contributed by atoms with van der Waals surface area (Å²) in [6, 6.07) is 29.8. The highest BCUT2D eigenvalue weighted by molar-refractivity contribution is 5.43. The van der Waals surface area contributed by atoms with Crippen molar-refractivity contribution in [3.05, 3.63) is 115 Å². The summed E-state index contributed by atoms with van der Waals surface area (Å²) in [4.78, 5) is 0. The molecule has 2 unspecified atom stereocenters. The second-order valence-electron chi connectivity index (χ2n) is 40.1. The molecule has 0 N–H and O–H groups in total. The first-order chi connectivity index (χ1) is 69.6. The van der Waals surface area contributed by atoms with Crippen LogP contribution in [0.2, 0.25) is 0 Å². The molecular formula is C118H212O29. The van der Waals surface area contributed by atoms with E-state index in [9.17, 15) is 0 Å². The van der Waals surface area contributed by atoms with Crippen molar-refractivity contribution in [2.75, 3.05) is 165 Å². The van der Waals surface area contributed by atoms with Crippen molar-refractivity contribution in [3.8, 4) is 51.7 Å². The SMILES string of the molecule is CC(C)OC1CCC(OC(C)C)CC1.CC(C)OCCOC(C)C.CC(C)OCCOc1cc(OCCOC(C)C)cc(OCCOC(C)C)c1.CC(C)OCCOc1ccc(C(C)(C)c2ccc(OCCOC(C)C)cc2)cc1.CC(C)OCCOc1cccc(OCCOC(C)C)c1.CC(C)OCCOc1cocc1OCCOC(C)C.CCC(COC(C)C)OC(C)C.CCOCCOC(COC(C)C)OC(C)C. The Morgan fingerprint density at radius 2 is 0.490 bits per heavy atom. The predicted molar refractivity (Wildman–Crippen MR) is 591 cm³/mol. The largest absolute Gasteiger partial charge is 0.491 e. The number of rotatable bonds is 72. The Balaban J connectivity index is 0. The molecule has 0 spiro atoms. The van der Waals surface area contributed by atoms with E-state index >= 15 is 0 Å². The van der Waals surface area contributed by atoms with Gasteiger partial charge in [0.15, 0.2) is 17.8 Å². The molecule has 4 aromatic carbocycles. The van der Waals surface area contributed by atoms with Crippen LogP contribution in [0.4, 0.5) is 0 Å². The lowest BCUT2D eigenvalue weighted by Gasteiger charge is -2.30. The lowest BCUT2D eigenvalue weighted by molar-refractivity contribution is -0.199. The number of furan rings is 1. The third-order valence-corrected chi connectivity index (χ3v) is 19.4. The molecule has 858 valence electrons. The maximum Gasteiger partial charge on any atom is 0.199 e. The highest BCUT2D eigenvalue weighted by Gasteiger charge is 2.26. The van der Waals surface area contributed by atoms with Crippen LogP contribution in [0.25, 0.3) is 0 Å². The van der Waals surface area contributed by atoms with Crippen LogP contribution >= 0.6 is 0 Å². The van der Waals surface area contributed by atoms with Crippen LogP contribution in [0, 0.1) is 0 Å². The summed E-state index contributed by atoms with van der Waals surface area (Å²) in [5.41, 5.74) is 2.36. The van der Waals surface area contributed by atoms with Crippen molar-refractivity contribution in [2.45, 2.75) is 429 Å². The summed E-state index contributed by atoms with van der Waals surface area (Å²) >= 11 is 0. The standard InChI is InChI=1S/C25H36O4.C21H36O6.C16H26O4.C14H24O5.C12H26O4.C12H24O2.C10H22O2.C8H18O2/c1-19(2)26-15-17-28-23-11-7-21(8-12-23)25(5,6)22-9-13-24(14-10-22)29-18-16-27-20(3)4;1-16(2)22-7-10-25-19-13-20(26-11-8-23-17(3)4)15-21(14-19)27-12-9-24-18(5)6;1-13(2)17-8-10-19-15-6-5-7-16(12-15)20-11-9-18-14(3)4;1-11(2)16-5-7-18-13-9-15-10-14(13)19-8-6-17-12(3)4;1-6-13-7-8-14-12(16-11(4)5)9-15-10(2)3;1-9(2)13-11-5-7-12(8-6-11)14-10(3)4;1-6-10(12-9(4)5)7-11-8(2)3;1-7(2)9-5-6-10-8(3)4/h7-14,19-20H,15-18H2,1-6H3;13-18H,7-12H2,1-6H3;5-7,12-14H,8-11H2,1-4H3;9-12H,5-8H2,1-4H3;10-12H,6-9H2,1-5H3;9-12H,5-8H2,1-4H3;8-10H,6-7H2,1-5H3;7-8H,5-6H2,1-4H3. The maximum absolute atomic E-state index is 5.79. The van der Waals surface area contributed by atoms with Crippen LogP contribution in [-0.4, -0.2) is 294 Å². The summed E-state index contributed by atoms with van der Waals surface area (Å²) in [6.45, 7) is 91.3. The monoisotopic (exact) mass is 2090 g/mol. The summed E-state index contributed by atoms with van der Waals surface area (Å²) in [5, 5.41) is 0. The molecular weight excluding hydrogens is 1880 g/mol. The molecule has 1 aliphatic carbocycles. The lowest BCUT2D eigenvalue weighted by atomic mass is 9.78. The van der Waals surface area contributed by atoms with Gasteiger partial charge in [-0.3, -0.25) is 0 Å². The Morgan fingerprint density at radius 1 is 0.245 bits per heavy atom. The van der Waals surface area contributed by atoms with Crippen molar-refractivity contribution >= 4 is 0 Å². The summed E-state index contributed by atoms with van der Waals surface area (Å²) in [6.07, 6.45) is 13.8. The van der Waals surface area contributed by atoms with Crippen LogP contribution in [0.5, 0.6) is 51.7 Å². The van der Waals surface area contributed by atoms with Crippen molar-refractivity contribution in [1.82, 2.24) is 0 Å². The van der Waals surface area contributed by atoms with Crippen LogP contribution in [0.15, 0.2) is 108 Å². The second kappa shape index (κ2) is 91.1. The fourth-order valence-electron chi connectivity index (χ4n) is 12.7. The Labute approximate surface area is 893 Å². The molecule has 5 aromatic rings. The number of hydrogen-bond donors (Lipinski definition) is 0. The van der Waals surface area contributed by atoms with E-state index in [1.54, 1.807) is 0 Å². The Morgan fingerprint density at radius 3 is 0.748 bits per heavy atom. The summed E-state index contributed by atoms with van der Waals surface area (Å²) in [7, 11) is 0. The molecule has 1 fully saturated rings. The molecule has 0 bridgehead atoms. The first-order valence-corrected chi connectivity index (χ1v) is 54.6. The maximum atomic E-state index is 5.79. The minimum atomic E-state index is -0.303. The average Bonchev–Trinajstić information content (AvgIpc) is 1.77. The number of ether oxygens (including phenoxy) is 28. The Hall–Kier alpha value is -6.40. The molecule has 6 rings (SSSR count). The normalized spacial score (nSPS) is 13.6. The van der Waals surface area contributed by atoms with Gasteiger partial charge in [0, 0.05) is 36.3 Å². The quantitative estimate of drug-likeness (QED) is 0.0258. The van der Waals surface area contributed by atoms with Crippen molar-refractivity contribution < 1.29 is 137 Å². The first kappa shape index (κ1) is 143. The van der Waals surface area contributed by atoms with Crippen molar-refractivity contribution in [2.24, 2.45) is 0 Å². The zero-order valence-electron chi connectivity index (χ0n) is 99.0. The van der Waals surface area contributed by atoms with Gasteiger partial charge in [-0.1, -0.05) is 51.1 Å². The van der Waals surface area contributed by atoms with Gasteiger partial charge >= 0.3 is 0 Å². The van der Waals surface area contributed by atoms with E-state index < -0.39 is 0 Å². The molecule has 1 heterocycles. The van der Waals surface area contributed by atoms with Crippen LogP contribution in [0.3, 0.4) is 0 Å². The molecule has 0 amide bonds. The molecule has 29 nitrogen and oxygen atoms in total. The molecule has 1 aromatic heterocycles. The van der Waals surface area contributed by atoms with E-state index in [1.807, 2.05) is 268 Å². The number of benzene rings is 4. The lowest BCUT2D eigenvalue weighted by Crippen LogP contribution is -2.29. The van der Waals surface area contributed by atoms with Gasteiger partial charge in [-0.25, -0.2) is 0 Å². The van der Waals surface area contributed by atoms with Crippen LogP contribution in [0.1, 0.15) is 306 Å². The van der Waals surface area contributed by atoms with Gasteiger partial charge in [0.25, 0.3) is 0 Å². The van der Waals surface area contributed by atoms with Gasteiger partial charge in [0.2, 0.25) is 0 Å². The van der Waals surface area contributed by atoms with Gasteiger partial charge in [-0.05, 0) is 322 Å². The van der Waals surface area contributed by atoms with Gasteiger partial charge in [0.05, 0.1) is 221 Å². The van der Waals surface area contributed by atoms with E-state index in [0.29, 0.717) is 243 Å². The van der Waals surface area contributed by atoms with Gasteiger partial charge < -0.3 is 137 Å². The fraction of sp³-hybridized carbons (Fsp3) is 0.763. The first-order valence-electron chi connectivity index (χ1n) is 54.6. The average molecular weight is 2090 g/mol. The Kier molecular flexibility index (Phi) is 88.4. The summed E-state index contributed by atoms with van der Waals surface area (Å²) < 4.78 is 160. The highest BCUT2D eigenvalue weighted by Crippen LogP contribution is 2.35. The zero-order chi connectivity index (χ0) is 111. The second-order valence-corrected chi connectivity index (χ2v) is 40.1. The van der Waals surface area contributed by atoms with Crippen molar-refractivity contribution in [1.29, 1.82) is 0 Å². The van der Waals surface area contributed by atoms with Gasteiger partial charge in [0.1, 0.15) is 112 Å². The smallest absolute Gasteiger partial charge is 0.199 e. The minimum Gasteiger partial charge on any atom is -0.491 e. The molecule has 0 saturated heterocycles. The minimum absolute atomic E-state index is 0.113. The molecule has 147 heavy (non-hydrogen) atoms. The molecule has 29 heteroatoms. The van der Waals surface area contributed by atoms with Crippen LogP contribution < -0.4 is 42.6 Å². The van der Waals surface area contributed by atoms with Gasteiger partial charge in [-0.2, -0.15) is 0 Å².